The molecule has 1 aliphatic heterocycles. The number of aryl methyl sites for hydroxylation is 1. The van der Waals surface area contributed by atoms with Gasteiger partial charge in [0, 0.05) is 18.9 Å². The van der Waals surface area contributed by atoms with Crippen LogP contribution in [0.4, 0.5) is 9.93 Å². The average Bonchev–Trinajstić information content (AvgIpc) is 3.50. The van der Waals surface area contributed by atoms with Gasteiger partial charge in [-0.3, -0.25) is 10.1 Å². The van der Waals surface area contributed by atoms with Crippen LogP contribution in [0.1, 0.15) is 38.8 Å². The quantitative estimate of drug-likeness (QED) is 0.496. The lowest BCUT2D eigenvalue weighted by atomic mass is 9.98. The first kappa shape index (κ1) is 23.0. The van der Waals surface area contributed by atoms with Crippen molar-refractivity contribution in [1.82, 2.24) is 9.88 Å². The maximum atomic E-state index is 12.9. The third kappa shape index (κ3) is 4.26. The number of aliphatic hydroxyl groups is 1. The van der Waals surface area contributed by atoms with Gasteiger partial charge in [0.05, 0.1) is 11.8 Å². The molecular formula is C25H23N3O6S. The number of aliphatic hydroxyl groups excluding tert-OH is 1. The number of aromatic nitrogens is 1. The highest BCUT2D eigenvalue weighted by Crippen LogP contribution is 2.44. The lowest BCUT2D eigenvalue weighted by molar-refractivity contribution is -0.141. The lowest BCUT2D eigenvalue weighted by Gasteiger charge is -2.20. The molecule has 0 spiro atoms. The van der Waals surface area contributed by atoms with Crippen LogP contribution in [0.2, 0.25) is 0 Å². The smallest absolute Gasteiger partial charge is 0.413 e. The summed E-state index contributed by atoms with van der Waals surface area (Å²) in [6.07, 6.45) is -1.62. The monoisotopic (exact) mass is 493 g/mol. The third-order valence-corrected chi connectivity index (χ3v) is 7.43. The fourth-order valence-electron chi connectivity index (χ4n) is 4.77. The molecule has 1 fully saturated rings. The highest BCUT2D eigenvalue weighted by Gasteiger charge is 2.40. The van der Waals surface area contributed by atoms with E-state index in [2.05, 4.69) is 22.4 Å². The van der Waals surface area contributed by atoms with Crippen molar-refractivity contribution >= 4 is 34.4 Å². The van der Waals surface area contributed by atoms with Crippen LogP contribution in [0, 0.1) is 6.92 Å². The van der Waals surface area contributed by atoms with Crippen molar-refractivity contribution < 1.29 is 29.3 Å². The molecule has 0 saturated carbocycles. The number of hydrogen-bond acceptors (Lipinski definition) is 7. The predicted molar refractivity (Wildman–Crippen MR) is 129 cm³/mol. The van der Waals surface area contributed by atoms with Crippen LogP contribution in [-0.4, -0.2) is 63.4 Å². The number of carboxylic acid groups (broad SMARTS) is 1. The number of carboxylic acids is 1. The van der Waals surface area contributed by atoms with Crippen LogP contribution in [0.3, 0.4) is 0 Å². The molecule has 0 unspecified atom stereocenters. The second-order valence-electron chi connectivity index (χ2n) is 8.59. The number of carbonyl (C=O) groups is 3. The van der Waals surface area contributed by atoms with Crippen molar-refractivity contribution in [2.75, 3.05) is 18.5 Å². The number of aliphatic carboxylic acids is 1. The van der Waals surface area contributed by atoms with Crippen LogP contribution in [-0.2, 0) is 9.53 Å². The molecular weight excluding hydrogens is 470 g/mol. The number of ether oxygens (including phenoxy) is 1. The zero-order valence-electron chi connectivity index (χ0n) is 18.8. The molecule has 1 saturated heterocycles. The minimum Gasteiger partial charge on any atom is -0.480 e. The van der Waals surface area contributed by atoms with Crippen molar-refractivity contribution in [3.8, 4) is 11.1 Å². The van der Waals surface area contributed by atoms with Gasteiger partial charge in [-0.25, -0.2) is 14.6 Å². The molecule has 2 aliphatic rings. The van der Waals surface area contributed by atoms with E-state index >= 15 is 0 Å². The first-order chi connectivity index (χ1) is 16.8. The van der Waals surface area contributed by atoms with E-state index in [0.717, 1.165) is 38.5 Å². The number of amides is 2. The van der Waals surface area contributed by atoms with Gasteiger partial charge in [0.25, 0.3) is 5.91 Å². The fraction of sp³-hybridized carbons (Fsp3) is 0.280. The highest BCUT2D eigenvalue weighted by atomic mass is 32.1. The van der Waals surface area contributed by atoms with E-state index < -0.39 is 30.1 Å². The molecule has 180 valence electrons. The number of nitrogens with one attached hydrogen (secondary N) is 1. The lowest BCUT2D eigenvalue weighted by Crippen LogP contribution is -2.40. The number of likely N-dealkylation sites (tertiary alicyclic amines) is 1. The van der Waals surface area contributed by atoms with Gasteiger partial charge in [-0.1, -0.05) is 59.9 Å². The van der Waals surface area contributed by atoms with Gasteiger partial charge in [0.1, 0.15) is 17.5 Å². The molecule has 0 radical (unpaired) electrons. The van der Waals surface area contributed by atoms with Crippen molar-refractivity contribution in [2.45, 2.75) is 31.4 Å². The molecule has 10 heteroatoms. The summed E-state index contributed by atoms with van der Waals surface area (Å²) in [4.78, 5) is 42.5. The number of thiazole rings is 1. The van der Waals surface area contributed by atoms with Crippen LogP contribution >= 0.6 is 11.3 Å². The Kier molecular flexibility index (Phi) is 6.00. The molecule has 3 N–H and O–H groups in total. The third-order valence-electron chi connectivity index (χ3n) is 6.37. The Balaban J connectivity index is 1.26. The average molecular weight is 494 g/mol. The normalized spacial score (nSPS) is 18.7. The SMILES string of the molecule is Cc1nc(NC(=O)OCC2c3ccccc3-c3ccccc32)sc1C(=O)N1C[C@H](O)C[C@@H]1C(=O)O. The second kappa shape index (κ2) is 9.12. The summed E-state index contributed by atoms with van der Waals surface area (Å²) in [5.41, 5.74) is 4.81. The van der Waals surface area contributed by atoms with E-state index in [0.29, 0.717) is 5.69 Å². The van der Waals surface area contributed by atoms with E-state index in [1.165, 1.54) is 0 Å². The van der Waals surface area contributed by atoms with E-state index in [9.17, 15) is 24.6 Å². The minimum absolute atomic E-state index is 0.0240. The summed E-state index contributed by atoms with van der Waals surface area (Å²) in [6, 6.07) is 15.0. The fourth-order valence-corrected chi connectivity index (χ4v) is 5.68. The molecule has 2 amide bonds. The Labute approximate surface area is 205 Å². The Bertz CT molecular complexity index is 1280. The van der Waals surface area contributed by atoms with Gasteiger partial charge in [0.15, 0.2) is 5.13 Å². The van der Waals surface area contributed by atoms with Crippen LogP contribution < -0.4 is 5.32 Å². The molecule has 2 atom stereocenters. The molecule has 1 aromatic heterocycles. The molecule has 5 rings (SSSR count). The van der Waals surface area contributed by atoms with Crippen molar-refractivity contribution in [2.24, 2.45) is 0 Å². The summed E-state index contributed by atoms with van der Waals surface area (Å²) in [7, 11) is 0. The van der Waals surface area contributed by atoms with Crippen molar-refractivity contribution in [3.63, 3.8) is 0 Å². The molecule has 2 heterocycles. The minimum atomic E-state index is -1.17. The van der Waals surface area contributed by atoms with Gasteiger partial charge in [-0.15, -0.1) is 0 Å². The maximum absolute atomic E-state index is 12.9. The van der Waals surface area contributed by atoms with Crippen LogP contribution in [0.15, 0.2) is 48.5 Å². The van der Waals surface area contributed by atoms with Gasteiger partial charge < -0.3 is 19.8 Å². The number of nitrogens with zero attached hydrogens (tertiary/aromatic N) is 2. The zero-order valence-corrected chi connectivity index (χ0v) is 19.6. The molecule has 1 aliphatic carbocycles. The Morgan fingerprint density at radius 1 is 1.11 bits per heavy atom. The van der Waals surface area contributed by atoms with E-state index in [4.69, 9.17) is 4.74 Å². The predicted octanol–water partition coefficient (Wildman–Crippen LogP) is 3.47. The summed E-state index contributed by atoms with van der Waals surface area (Å²) in [5.74, 6) is -1.79. The number of benzene rings is 2. The van der Waals surface area contributed by atoms with E-state index in [1.54, 1.807) is 6.92 Å². The first-order valence-electron chi connectivity index (χ1n) is 11.1. The number of hydrogen-bond donors (Lipinski definition) is 3. The standard InChI is InChI=1S/C25H23N3O6S/c1-13-21(22(30)28-11-14(29)10-20(28)23(31)32)35-24(26-13)27-25(33)34-12-19-17-8-4-2-6-15(17)16-7-3-5-9-18(16)19/h2-9,14,19-20,29H,10-12H2,1H3,(H,31,32)(H,26,27,33)/t14-,20-/m1/s1. The molecule has 0 bridgehead atoms. The topological polar surface area (TPSA) is 129 Å². The van der Waals surface area contributed by atoms with Crippen molar-refractivity contribution in [1.29, 1.82) is 0 Å². The van der Waals surface area contributed by atoms with E-state index in [1.807, 2.05) is 36.4 Å². The van der Waals surface area contributed by atoms with Gasteiger partial charge >= 0.3 is 12.1 Å². The van der Waals surface area contributed by atoms with Crippen LogP contribution in [0.5, 0.6) is 0 Å². The molecule has 2 aromatic carbocycles. The molecule has 35 heavy (non-hydrogen) atoms. The Hall–Kier alpha value is -3.76. The summed E-state index contributed by atoms with van der Waals surface area (Å²) in [5, 5.41) is 22.0. The Morgan fingerprint density at radius 3 is 2.37 bits per heavy atom. The second-order valence-corrected chi connectivity index (χ2v) is 9.58. The summed E-state index contributed by atoms with van der Waals surface area (Å²) < 4.78 is 5.53. The first-order valence-corrected chi connectivity index (χ1v) is 12.0. The summed E-state index contributed by atoms with van der Waals surface area (Å²) >= 11 is 0.944. The molecule has 9 nitrogen and oxygen atoms in total. The van der Waals surface area contributed by atoms with Crippen molar-refractivity contribution in [3.05, 3.63) is 70.2 Å². The largest absolute Gasteiger partial charge is 0.480 e. The number of fused-ring (bicyclic) bond motifs is 3. The number of carbonyl (C=O) groups excluding carboxylic acids is 2. The van der Waals surface area contributed by atoms with Gasteiger partial charge in [0.2, 0.25) is 0 Å². The van der Waals surface area contributed by atoms with Gasteiger partial charge in [-0.2, -0.15) is 0 Å². The van der Waals surface area contributed by atoms with Crippen LogP contribution in [0.25, 0.3) is 11.1 Å². The zero-order chi connectivity index (χ0) is 24.7. The highest BCUT2D eigenvalue weighted by molar-refractivity contribution is 7.17. The number of rotatable bonds is 5. The van der Waals surface area contributed by atoms with E-state index in [-0.39, 0.29) is 35.5 Å². The maximum Gasteiger partial charge on any atom is 0.413 e. The number of β-amino-alcohol motifs (C(OH)–C–C–N with tert-alkyl or cyclic N) is 1. The summed E-state index contributed by atoms with van der Waals surface area (Å²) in [6.45, 7) is 1.68. The van der Waals surface area contributed by atoms with Gasteiger partial charge in [-0.05, 0) is 29.2 Å². The Morgan fingerprint density at radius 2 is 1.74 bits per heavy atom. The number of anilines is 1. The molecule has 3 aromatic rings.